The van der Waals surface area contributed by atoms with E-state index < -0.39 is 31.1 Å². The summed E-state index contributed by atoms with van der Waals surface area (Å²) in [5.41, 5.74) is 10.9. The SMILES string of the molecule is Nc1nc([NH+]2CC[N-]2)nc2c1ncn2[C@@H]1O[C@H](CO)[C@@H](O)[C@H]1O. The smallest absolute Gasteiger partial charge is 0.321 e. The van der Waals surface area contributed by atoms with E-state index in [4.69, 9.17) is 10.5 Å². The lowest BCUT2D eigenvalue weighted by atomic mass is 10.1. The first-order valence-corrected chi connectivity index (χ1v) is 7.26. The molecule has 0 bridgehead atoms. The molecule has 0 spiro atoms. The van der Waals surface area contributed by atoms with Gasteiger partial charge in [-0.25, -0.2) is 4.98 Å². The van der Waals surface area contributed by atoms with Crippen LogP contribution in [0.25, 0.3) is 16.6 Å². The third-order valence-electron chi connectivity index (χ3n) is 4.15. The van der Waals surface area contributed by atoms with Gasteiger partial charge in [0.1, 0.15) is 18.3 Å². The Labute approximate surface area is 130 Å². The van der Waals surface area contributed by atoms with E-state index in [1.54, 1.807) is 0 Å². The van der Waals surface area contributed by atoms with Crippen molar-refractivity contribution < 1.29 is 25.1 Å². The predicted molar refractivity (Wildman–Crippen MR) is 76.5 cm³/mol. The van der Waals surface area contributed by atoms with E-state index >= 15 is 0 Å². The number of aliphatic hydroxyl groups excluding tert-OH is 3. The van der Waals surface area contributed by atoms with E-state index in [0.29, 0.717) is 17.1 Å². The monoisotopic (exact) mass is 323 g/mol. The van der Waals surface area contributed by atoms with Gasteiger partial charge in [0.2, 0.25) is 0 Å². The molecule has 0 aliphatic carbocycles. The molecule has 23 heavy (non-hydrogen) atoms. The van der Waals surface area contributed by atoms with Crippen LogP contribution >= 0.6 is 0 Å². The summed E-state index contributed by atoms with van der Waals surface area (Å²) in [5, 5.41) is 30.0. The summed E-state index contributed by atoms with van der Waals surface area (Å²) in [7, 11) is 0. The standard InChI is InChI=1S/C12H17N7O4/c13-9-6-10(17-12(16-9)19-2-1-15-19)18(4-14-6)11-8(22)7(21)5(3-20)23-11/h4-5,7-8,11,19-22H,1-3H2,(H2,13,16,17)/t5-,7-,8-,11-/m1/s1. The average molecular weight is 323 g/mol. The number of aromatic nitrogens is 4. The third kappa shape index (κ3) is 2.17. The van der Waals surface area contributed by atoms with Crippen LogP contribution in [0.4, 0.5) is 11.8 Å². The molecule has 2 aliphatic heterocycles. The van der Waals surface area contributed by atoms with Crippen LogP contribution in [-0.4, -0.2) is 72.8 Å². The summed E-state index contributed by atoms with van der Waals surface area (Å²) in [6, 6.07) is 0. The maximum Gasteiger partial charge on any atom is 0.321 e. The molecule has 0 amide bonds. The number of ether oxygens (including phenoxy) is 1. The van der Waals surface area contributed by atoms with Crippen LogP contribution in [0.5, 0.6) is 0 Å². The van der Waals surface area contributed by atoms with Crippen LogP contribution < -0.4 is 10.7 Å². The van der Waals surface area contributed by atoms with Gasteiger partial charge in [-0.05, 0) is 0 Å². The molecule has 0 aromatic carbocycles. The Hall–Kier alpha value is -1.89. The van der Waals surface area contributed by atoms with Gasteiger partial charge in [-0.2, -0.15) is 9.97 Å². The Morgan fingerprint density at radius 1 is 1.39 bits per heavy atom. The van der Waals surface area contributed by atoms with Gasteiger partial charge in [-0.3, -0.25) is 4.57 Å². The van der Waals surface area contributed by atoms with Crippen LogP contribution in [0.15, 0.2) is 6.33 Å². The van der Waals surface area contributed by atoms with Gasteiger partial charge in [0.25, 0.3) is 0 Å². The minimum Gasteiger partial charge on any atom is -0.442 e. The molecule has 1 unspecified atom stereocenters. The van der Waals surface area contributed by atoms with E-state index in [1.165, 1.54) is 10.9 Å². The van der Waals surface area contributed by atoms with Gasteiger partial charge in [0.05, 0.1) is 19.5 Å². The quantitative estimate of drug-likeness (QED) is 0.396. The highest BCUT2D eigenvalue weighted by Gasteiger charge is 2.44. The first kappa shape index (κ1) is 14.7. The number of aliphatic hydroxyl groups is 3. The van der Waals surface area contributed by atoms with Gasteiger partial charge in [0.15, 0.2) is 23.2 Å². The molecule has 4 rings (SSSR count). The van der Waals surface area contributed by atoms with Crippen molar-refractivity contribution in [1.82, 2.24) is 19.5 Å². The van der Waals surface area contributed by atoms with Crippen LogP contribution in [0.1, 0.15) is 6.23 Å². The lowest BCUT2D eigenvalue weighted by Gasteiger charge is -2.38. The van der Waals surface area contributed by atoms with Crippen molar-refractivity contribution >= 4 is 22.9 Å². The number of nitrogens with two attached hydrogens (primary N) is 1. The Bertz CT molecular complexity index is 734. The molecule has 124 valence electrons. The molecule has 2 fully saturated rings. The molecule has 0 radical (unpaired) electrons. The fourth-order valence-electron chi connectivity index (χ4n) is 2.77. The van der Waals surface area contributed by atoms with E-state index in [2.05, 4.69) is 20.4 Å². The molecule has 6 N–H and O–H groups in total. The number of nitrogens with one attached hydrogen (secondary N) is 1. The second-order valence-electron chi connectivity index (χ2n) is 5.56. The molecule has 0 saturated carbocycles. The van der Waals surface area contributed by atoms with E-state index in [1.807, 2.05) is 0 Å². The molecule has 2 aromatic rings. The normalized spacial score (nSPS) is 34.0. The zero-order valence-corrected chi connectivity index (χ0v) is 12.1. The van der Waals surface area contributed by atoms with E-state index in [9.17, 15) is 15.3 Å². The van der Waals surface area contributed by atoms with Crippen molar-refractivity contribution in [3.8, 4) is 0 Å². The van der Waals surface area contributed by atoms with Crippen molar-refractivity contribution in [2.45, 2.75) is 24.5 Å². The lowest BCUT2D eigenvalue weighted by Crippen LogP contribution is -3.10. The van der Waals surface area contributed by atoms with Crippen molar-refractivity contribution in [1.29, 1.82) is 0 Å². The maximum atomic E-state index is 10.2. The molecular formula is C12H17N7O4. The van der Waals surface area contributed by atoms with Gasteiger partial charge in [-0.15, -0.1) is 0 Å². The highest BCUT2D eigenvalue weighted by molar-refractivity contribution is 5.82. The van der Waals surface area contributed by atoms with Gasteiger partial charge < -0.3 is 36.2 Å². The largest absolute Gasteiger partial charge is 0.442 e. The average Bonchev–Trinajstić information content (AvgIpc) is 3.00. The van der Waals surface area contributed by atoms with Crippen molar-refractivity contribution in [3.63, 3.8) is 0 Å². The lowest BCUT2D eigenvalue weighted by molar-refractivity contribution is -0.830. The van der Waals surface area contributed by atoms with Crippen molar-refractivity contribution in [2.75, 3.05) is 25.4 Å². The summed E-state index contributed by atoms with van der Waals surface area (Å²) >= 11 is 0. The van der Waals surface area contributed by atoms with Crippen LogP contribution in [0, 0.1) is 0 Å². The number of hydrogen-bond acceptors (Lipinski definition) is 8. The van der Waals surface area contributed by atoms with Gasteiger partial charge in [-0.1, -0.05) is 6.54 Å². The van der Waals surface area contributed by atoms with Crippen molar-refractivity contribution in [2.24, 2.45) is 0 Å². The van der Waals surface area contributed by atoms with E-state index in [0.717, 1.165) is 18.1 Å². The summed E-state index contributed by atoms with van der Waals surface area (Å²) in [5.74, 6) is 0.639. The first-order valence-electron chi connectivity index (χ1n) is 7.26. The topological polar surface area (TPSA) is 158 Å². The Morgan fingerprint density at radius 3 is 2.78 bits per heavy atom. The van der Waals surface area contributed by atoms with Crippen LogP contribution in [0.3, 0.4) is 0 Å². The Kier molecular flexibility index (Phi) is 3.41. The summed E-state index contributed by atoms with van der Waals surface area (Å²) in [4.78, 5) is 12.8. The van der Waals surface area contributed by atoms with Gasteiger partial charge in [0, 0.05) is 0 Å². The third-order valence-corrected chi connectivity index (χ3v) is 4.15. The molecule has 2 aromatic heterocycles. The fourth-order valence-corrected chi connectivity index (χ4v) is 2.77. The highest BCUT2D eigenvalue weighted by Crippen LogP contribution is 2.32. The molecule has 11 heteroatoms. The minimum atomic E-state index is -1.22. The zero-order chi connectivity index (χ0) is 16.1. The number of anilines is 1. The zero-order valence-electron chi connectivity index (χ0n) is 12.1. The number of nitrogens with zero attached hydrogens (tertiary/aromatic N) is 5. The molecule has 2 aliphatic rings. The number of hydrogen-bond donors (Lipinski definition) is 5. The second kappa shape index (κ2) is 5.33. The first-order chi connectivity index (χ1) is 11.1. The number of nitrogen functional groups attached to an aromatic ring is 1. The second-order valence-corrected chi connectivity index (χ2v) is 5.56. The summed E-state index contributed by atoms with van der Waals surface area (Å²) < 4.78 is 7.00. The summed E-state index contributed by atoms with van der Waals surface area (Å²) in [6.07, 6.45) is -2.79. The maximum absolute atomic E-state index is 10.2. The Balaban J connectivity index is 1.77. The number of imidazole rings is 1. The number of fused-ring (bicyclic) bond motifs is 1. The molecular weight excluding hydrogens is 306 g/mol. The number of quaternary nitrogens is 1. The minimum absolute atomic E-state index is 0.213. The highest BCUT2D eigenvalue weighted by atomic mass is 16.6. The molecule has 4 heterocycles. The van der Waals surface area contributed by atoms with Crippen LogP contribution in [0.2, 0.25) is 0 Å². The van der Waals surface area contributed by atoms with Gasteiger partial charge >= 0.3 is 5.95 Å². The Morgan fingerprint density at radius 2 is 2.17 bits per heavy atom. The predicted octanol–water partition coefficient (Wildman–Crippen LogP) is -3.16. The van der Waals surface area contributed by atoms with E-state index in [-0.39, 0.29) is 5.82 Å². The number of rotatable bonds is 3. The van der Waals surface area contributed by atoms with Crippen LogP contribution in [-0.2, 0) is 4.74 Å². The molecule has 2 saturated heterocycles. The molecule has 5 atom stereocenters. The fraction of sp³-hybridized carbons (Fsp3) is 0.583. The molecule has 11 nitrogen and oxygen atoms in total. The van der Waals surface area contributed by atoms with Crippen molar-refractivity contribution in [3.05, 3.63) is 11.8 Å². The summed E-state index contributed by atoms with van der Waals surface area (Å²) in [6.45, 7) is 1.12.